The van der Waals surface area contributed by atoms with E-state index in [-0.39, 0.29) is 0 Å². The number of rotatable bonds is 4. The summed E-state index contributed by atoms with van der Waals surface area (Å²) in [7, 11) is 1.58. The number of hydrogen-bond acceptors (Lipinski definition) is 4. The molecule has 0 aliphatic rings. The van der Waals surface area contributed by atoms with E-state index in [9.17, 15) is 0 Å². The maximum absolute atomic E-state index is 5.74. The van der Waals surface area contributed by atoms with Crippen LogP contribution in [0.25, 0.3) is 0 Å². The predicted molar refractivity (Wildman–Crippen MR) is 72.6 cm³/mol. The summed E-state index contributed by atoms with van der Waals surface area (Å²) in [5, 5.41) is 3.20. The maximum atomic E-state index is 5.74. The minimum Gasteiger partial charge on any atom is -0.481 e. The zero-order valence-corrected chi connectivity index (χ0v) is 11.0. The van der Waals surface area contributed by atoms with Crippen molar-refractivity contribution in [1.82, 2.24) is 9.97 Å². The van der Waals surface area contributed by atoms with E-state index in [0.717, 1.165) is 11.3 Å². The Labute approximate surface area is 111 Å². The number of anilines is 2. The highest BCUT2D eigenvalue weighted by Gasteiger charge is 2.02. The van der Waals surface area contributed by atoms with Gasteiger partial charge in [-0.15, -0.1) is 11.6 Å². The second-order valence-electron chi connectivity index (χ2n) is 3.80. The molecule has 1 aromatic heterocycles. The quantitative estimate of drug-likeness (QED) is 0.860. The average Bonchev–Trinajstić information content (AvgIpc) is 2.39. The summed E-state index contributed by atoms with van der Waals surface area (Å²) in [5.74, 6) is 2.43. The molecule has 1 heterocycles. The van der Waals surface area contributed by atoms with Gasteiger partial charge in [-0.2, -0.15) is 4.98 Å². The minimum atomic E-state index is 0.515. The SMILES string of the molecule is COc1cc(Nc2ccc(CCl)cc2)nc(C)n1. The highest BCUT2D eigenvalue weighted by Crippen LogP contribution is 2.19. The molecule has 0 amide bonds. The van der Waals surface area contributed by atoms with Crippen LogP contribution in [0.15, 0.2) is 30.3 Å². The Morgan fingerprint density at radius 3 is 2.56 bits per heavy atom. The Morgan fingerprint density at radius 1 is 1.22 bits per heavy atom. The summed E-state index contributed by atoms with van der Waals surface area (Å²) >= 11 is 5.74. The molecule has 0 unspecified atom stereocenters. The van der Waals surface area contributed by atoms with Crippen LogP contribution in [0, 0.1) is 6.92 Å². The Hall–Kier alpha value is -1.81. The predicted octanol–water partition coefficient (Wildman–Crippen LogP) is 3.28. The lowest BCUT2D eigenvalue weighted by Crippen LogP contribution is -1.99. The van der Waals surface area contributed by atoms with Crippen LogP contribution < -0.4 is 10.1 Å². The van der Waals surface area contributed by atoms with Gasteiger partial charge in [0.1, 0.15) is 11.6 Å². The molecule has 2 aromatic rings. The van der Waals surface area contributed by atoms with Crippen LogP contribution in [0.5, 0.6) is 5.88 Å². The monoisotopic (exact) mass is 263 g/mol. The molecule has 2 rings (SSSR count). The number of methoxy groups -OCH3 is 1. The van der Waals surface area contributed by atoms with Crippen molar-refractivity contribution in [2.45, 2.75) is 12.8 Å². The van der Waals surface area contributed by atoms with Crippen LogP contribution in [0.3, 0.4) is 0 Å². The summed E-state index contributed by atoms with van der Waals surface area (Å²) in [5.41, 5.74) is 2.03. The van der Waals surface area contributed by atoms with Gasteiger partial charge in [0.2, 0.25) is 5.88 Å². The standard InChI is InChI=1S/C13H14ClN3O/c1-9-15-12(7-13(16-9)18-2)17-11-5-3-10(8-14)4-6-11/h3-7H,8H2,1-2H3,(H,15,16,17). The number of aromatic nitrogens is 2. The fraction of sp³-hybridized carbons (Fsp3) is 0.231. The van der Waals surface area contributed by atoms with Gasteiger partial charge in [0.05, 0.1) is 7.11 Å². The topological polar surface area (TPSA) is 47.0 Å². The molecule has 0 atom stereocenters. The molecule has 0 aliphatic carbocycles. The van der Waals surface area contributed by atoms with Gasteiger partial charge < -0.3 is 10.1 Å². The van der Waals surface area contributed by atoms with Crippen LogP contribution in [0.4, 0.5) is 11.5 Å². The number of aryl methyl sites for hydroxylation is 1. The van der Waals surface area contributed by atoms with E-state index in [2.05, 4.69) is 15.3 Å². The van der Waals surface area contributed by atoms with E-state index in [1.807, 2.05) is 31.2 Å². The lowest BCUT2D eigenvalue weighted by molar-refractivity contribution is 0.396. The van der Waals surface area contributed by atoms with Crippen LogP contribution in [-0.2, 0) is 5.88 Å². The third kappa shape index (κ3) is 3.11. The highest BCUT2D eigenvalue weighted by molar-refractivity contribution is 6.17. The molecular weight excluding hydrogens is 250 g/mol. The molecule has 0 fully saturated rings. The number of hydrogen-bond donors (Lipinski definition) is 1. The molecule has 18 heavy (non-hydrogen) atoms. The van der Waals surface area contributed by atoms with Crippen molar-refractivity contribution >= 4 is 23.1 Å². The molecule has 94 valence electrons. The van der Waals surface area contributed by atoms with Gasteiger partial charge in [0.25, 0.3) is 0 Å². The van der Waals surface area contributed by atoms with Gasteiger partial charge in [0, 0.05) is 17.6 Å². The Bertz CT molecular complexity index is 528. The fourth-order valence-electron chi connectivity index (χ4n) is 1.53. The largest absolute Gasteiger partial charge is 0.481 e. The van der Waals surface area contributed by atoms with Gasteiger partial charge in [-0.25, -0.2) is 4.98 Å². The molecule has 0 saturated heterocycles. The van der Waals surface area contributed by atoms with Gasteiger partial charge in [-0.3, -0.25) is 0 Å². The van der Waals surface area contributed by atoms with Crippen LogP contribution in [-0.4, -0.2) is 17.1 Å². The summed E-state index contributed by atoms with van der Waals surface area (Å²) in [6.07, 6.45) is 0. The number of halogens is 1. The zero-order valence-electron chi connectivity index (χ0n) is 10.3. The van der Waals surface area contributed by atoms with Crippen molar-refractivity contribution in [3.63, 3.8) is 0 Å². The van der Waals surface area contributed by atoms with Gasteiger partial charge in [0.15, 0.2) is 0 Å². The van der Waals surface area contributed by atoms with E-state index in [1.54, 1.807) is 13.2 Å². The fourth-order valence-corrected chi connectivity index (χ4v) is 1.71. The normalized spacial score (nSPS) is 10.2. The second-order valence-corrected chi connectivity index (χ2v) is 4.07. The van der Waals surface area contributed by atoms with Crippen molar-refractivity contribution in [3.8, 4) is 5.88 Å². The first kappa shape index (κ1) is 12.6. The molecular formula is C13H14ClN3O. The number of alkyl halides is 1. The van der Waals surface area contributed by atoms with Crippen LogP contribution in [0.1, 0.15) is 11.4 Å². The number of nitrogens with one attached hydrogen (secondary N) is 1. The van der Waals surface area contributed by atoms with E-state index >= 15 is 0 Å². The maximum Gasteiger partial charge on any atom is 0.218 e. The Balaban J connectivity index is 2.19. The molecule has 4 nitrogen and oxygen atoms in total. The van der Waals surface area contributed by atoms with E-state index in [1.165, 1.54) is 0 Å². The summed E-state index contributed by atoms with van der Waals surface area (Å²) < 4.78 is 5.10. The van der Waals surface area contributed by atoms with Gasteiger partial charge in [-0.1, -0.05) is 12.1 Å². The third-order valence-electron chi connectivity index (χ3n) is 2.40. The zero-order chi connectivity index (χ0) is 13.0. The van der Waals surface area contributed by atoms with Crippen LogP contribution in [0.2, 0.25) is 0 Å². The Kier molecular flexibility index (Phi) is 3.99. The number of benzene rings is 1. The molecule has 0 bridgehead atoms. The smallest absolute Gasteiger partial charge is 0.218 e. The van der Waals surface area contributed by atoms with Gasteiger partial charge >= 0.3 is 0 Å². The first-order valence-electron chi connectivity index (χ1n) is 5.53. The molecule has 0 radical (unpaired) electrons. The van der Waals surface area contributed by atoms with Crippen molar-refractivity contribution in [1.29, 1.82) is 0 Å². The molecule has 1 aromatic carbocycles. The molecule has 0 spiro atoms. The van der Waals surface area contributed by atoms with Crippen molar-refractivity contribution in [2.75, 3.05) is 12.4 Å². The summed E-state index contributed by atoms with van der Waals surface area (Å²) in [6, 6.07) is 9.62. The van der Waals surface area contributed by atoms with Crippen molar-refractivity contribution in [3.05, 3.63) is 41.7 Å². The molecule has 5 heteroatoms. The molecule has 0 aliphatic heterocycles. The first-order chi connectivity index (χ1) is 8.71. The molecule has 0 saturated carbocycles. The van der Waals surface area contributed by atoms with Crippen LogP contribution >= 0.6 is 11.6 Å². The van der Waals surface area contributed by atoms with Gasteiger partial charge in [-0.05, 0) is 24.6 Å². The van der Waals surface area contributed by atoms with Crippen molar-refractivity contribution < 1.29 is 4.74 Å². The number of ether oxygens (including phenoxy) is 1. The highest BCUT2D eigenvalue weighted by atomic mass is 35.5. The number of nitrogens with zero attached hydrogens (tertiary/aromatic N) is 2. The van der Waals surface area contributed by atoms with E-state index in [0.29, 0.717) is 23.4 Å². The lowest BCUT2D eigenvalue weighted by atomic mass is 10.2. The first-order valence-corrected chi connectivity index (χ1v) is 6.06. The lowest BCUT2D eigenvalue weighted by Gasteiger charge is -2.08. The summed E-state index contributed by atoms with van der Waals surface area (Å²) in [6.45, 7) is 1.82. The average molecular weight is 264 g/mol. The molecule has 1 N–H and O–H groups in total. The van der Waals surface area contributed by atoms with Crippen molar-refractivity contribution in [2.24, 2.45) is 0 Å². The van der Waals surface area contributed by atoms with E-state index in [4.69, 9.17) is 16.3 Å². The minimum absolute atomic E-state index is 0.515. The third-order valence-corrected chi connectivity index (χ3v) is 2.71. The second kappa shape index (κ2) is 5.69. The Morgan fingerprint density at radius 2 is 1.94 bits per heavy atom. The van der Waals surface area contributed by atoms with E-state index < -0.39 is 0 Å². The summed E-state index contributed by atoms with van der Waals surface area (Å²) in [4.78, 5) is 8.42.